The number of ether oxygens (including phenoxy) is 1. The van der Waals surface area contributed by atoms with Gasteiger partial charge in [0.2, 0.25) is 5.91 Å². The van der Waals surface area contributed by atoms with E-state index >= 15 is 0 Å². The molecule has 1 heterocycles. The molecule has 0 aromatic heterocycles. The highest BCUT2D eigenvalue weighted by Gasteiger charge is 2.31. The van der Waals surface area contributed by atoms with Crippen LogP contribution in [0.2, 0.25) is 0 Å². The number of amides is 2. The molecule has 0 saturated carbocycles. The fraction of sp³-hybridized carbons (Fsp3) is 0.529. The molecule has 1 saturated heterocycles. The molecular formula is C17H24N2O3. The van der Waals surface area contributed by atoms with Crippen LogP contribution in [0, 0.1) is 5.92 Å². The van der Waals surface area contributed by atoms with Gasteiger partial charge in [-0.25, -0.2) is 0 Å². The van der Waals surface area contributed by atoms with Gasteiger partial charge in [-0.15, -0.1) is 0 Å². The summed E-state index contributed by atoms with van der Waals surface area (Å²) in [6.07, 6.45) is 1.05. The van der Waals surface area contributed by atoms with E-state index in [-0.39, 0.29) is 17.7 Å². The summed E-state index contributed by atoms with van der Waals surface area (Å²) < 4.78 is 5.36. The van der Waals surface area contributed by atoms with Gasteiger partial charge in [0.1, 0.15) is 11.8 Å². The Bertz CT molecular complexity index is 521. The monoisotopic (exact) mass is 304 g/mol. The zero-order chi connectivity index (χ0) is 16.1. The first-order valence-corrected chi connectivity index (χ1v) is 7.85. The van der Waals surface area contributed by atoms with Crippen LogP contribution in [0.5, 0.6) is 5.75 Å². The van der Waals surface area contributed by atoms with Crippen LogP contribution in [-0.2, 0) is 4.79 Å². The fourth-order valence-corrected chi connectivity index (χ4v) is 2.34. The summed E-state index contributed by atoms with van der Waals surface area (Å²) in [4.78, 5) is 26.5. The van der Waals surface area contributed by atoms with Crippen LogP contribution in [-0.4, -0.2) is 42.5 Å². The van der Waals surface area contributed by atoms with Crippen LogP contribution in [0.25, 0.3) is 0 Å². The summed E-state index contributed by atoms with van der Waals surface area (Å²) in [6.45, 7) is 7.98. The normalized spacial score (nSPS) is 15.2. The zero-order valence-electron chi connectivity index (χ0n) is 13.5. The average Bonchev–Trinajstić information content (AvgIpc) is 2.43. The highest BCUT2D eigenvalue weighted by molar-refractivity contribution is 5.97. The second-order valence-electron chi connectivity index (χ2n) is 5.83. The van der Waals surface area contributed by atoms with Gasteiger partial charge in [-0.3, -0.25) is 9.59 Å². The van der Waals surface area contributed by atoms with Gasteiger partial charge < -0.3 is 15.0 Å². The first-order chi connectivity index (χ1) is 10.5. The molecule has 0 radical (unpaired) electrons. The molecule has 1 N–H and O–H groups in total. The highest BCUT2D eigenvalue weighted by atomic mass is 16.5. The second kappa shape index (κ2) is 7.29. The topological polar surface area (TPSA) is 58.6 Å². The molecule has 1 atom stereocenters. The Morgan fingerprint density at radius 3 is 2.32 bits per heavy atom. The van der Waals surface area contributed by atoms with Gasteiger partial charge in [0.05, 0.1) is 6.61 Å². The summed E-state index contributed by atoms with van der Waals surface area (Å²) in [5.74, 6) is 0.576. The molecule has 1 aliphatic heterocycles. The van der Waals surface area contributed by atoms with Gasteiger partial charge in [0.15, 0.2) is 0 Å². The molecule has 2 amide bonds. The summed E-state index contributed by atoms with van der Waals surface area (Å²) in [5.41, 5.74) is 0.533. The Balaban J connectivity index is 2.02. The molecule has 2 rings (SSSR count). The van der Waals surface area contributed by atoms with Crippen molar-refractivity contribution in [2.24, 2.45) is 5.92 Å². The minimum atomic E-state index is -0.473. The number of benzene rings is 1. The number of rotatable bonds is 6. The smallest absolute Gasteiger partial charge is 0.251 e. The van der Waals surface area contributed by atoms with Crippen LogP contribution in [0.1, 0.15) is 37.6 Å². The van der Waals surface area contributed by atoms with Crippen molar-refractivity contribution >= 4 is 11.8 Å². The molecular weight excluding hydrogens is 280 g/mol. The van der Waals surface area contributed by atoms with Crippen LogP contribution in [0.15, 0.2) is 24.3 Å². The van der Waals surface area contributed by atoms with Crippen molar-refractivity contribution in [2.75, 3.05) is 19.7 Å². The third-order valence-corrected chi connectivity index (χ3v) is 3.81. The van der Waals surface area contributed by atoms with Crippen LogP contribution in [0.3, 0.4) is 0 Å². The van der Waals surface area contributed by atoms with Crippen LogP contribution in [0.4, 0.5) is 0 Å². The SMILES string of the molecule is CCOc1ccc(C(=O)N[C@H](C(=O)N2CCC2)C(C)C)cc1. The van der Waals surface area contributed by atoms with Gasteiger partial charge in [-0.1, -0.05) is 13.8 Å². The molecule has 1 aromatic carbocycles. The predicted molar refractivity (Wildman–Crippen MR) is 84.9 cm³/mol. The summed E-state index contributed by atoms with van der Waals surface area (Å²) in [5, 5.41) is 2.86. The number of hydrogen-bond acceptors (Lipinski definition) is 3. The number of hydrogen-bond donors (Lipinski definition) is 1. The van der Waals surface area contributed by atoms with Gasteiger partial charge in [0, 0.05) is 18.7 Å². The summed E-state index contributed by atoms with van der Waals surface area (Å²) in [7, 11) is 0. The van der Waals surface area contributed by atoms with E-state index in [1.807, 2.05) is 20.8 Å². The Morgan fingerprint density at radius 1 is 1.23 bits per heavy atom. The fourth-order valence-electron chi connectivity index (χ4n) is 2.34. The maximum Gasteiger partial charge on any atom is 0.251 e. The highest BCUT2D eigenvalue weighted by Crippen LogP contribution is 2.15. The molecule has 1 aromatic rings. The van der Waals surface area contributed by atoms with E-state index in [4.69, 9.17) is 4.74 Å². The van der Waals surface area contributed by atoms with Gasteiger partial charge in [-0.05, 0) is 43.5 Å². The lowest BCUT2D eigenvalue weighted by atomic mass is 10.0. The molecule has 5 nitrogen and oxygen atoms in total. The third-order valence-electron chi connectivity index (χ3n) is 3.81. The number of nitrogens with zero attached hydrogens (tertiary/aromatic N) is 1. The molecule has 0 bridgehead atoms. The number of likely N-dealkylation sites (tertiary alicyclic amines) is 1. The van der Waals surface area contributed by atoms with Crippen molar-refractivity contribution < 1.29 is 14.3 Å². The van der Waals surface area contributed by atoms with Crippen molar-refractivity contribution in [1.29, 1.82) is 0 Å². The lowest BCUT2D eigenvalue weighted by Crippen LogP contribution is -2.55. The standard InChI is InChI=1S/C17H24N2O3/c1-4-22-14-8-6-13(7-9-14)16(20)18-15(12(2)3)17(21)19-10-5-11-19/h6-9,12,15H,4-5,10-11H2,1-3H3,(H,18,20)/t15-/m0/s1. The minimum absolute atomic E-state index is 0.0144. The molecule has 22 heavy (non-hydrogen) atoms. The lowest BCUT2D eigenvalue weighted by Gasteiger charge is -2.35. The van der Waals surface area contributed by atoms with E-state index in [0.29, 0.717) is 12.2 Å². The van der Waals surface area contributed by atoms with E-state index in [1.165, 1.54) is 0 Å². The zero-order valence-corrected chi connectivity index (χ0v) is 13.5. The maximum atomic E-state index is 12.4. The summed E-state index contributed by atoms with van der Waals surface area (Å²) in [6, 6.07) is 6.48. The molecule has 1 fully saturated rings. The molecule has 120 valence electrons. The summed E-state index contributed by atoms with van der Waals surface area (Å²) >= 11 is 0. The first kappa shape index (κ1) is 16.3. The Hall–Kier alpha value is -2.04. The van der Waals surface area contributed by atoms with E-state index in [1.54, 1.807) is 29.2 Å². The minimum Gasteiger partial charge on any atom is -0.494 e. The van der Waals surface area contributed by atoms with Crippen molar-refractivity contribution in [1.82, 2.24) is 10.2 Å². The Kier molecular flexibility index (Phi) is 5.41. The van der Waals surface area contributed by atoms with Crippen molar-refractivity contribution in [3.05, 3.63) is 29.8 Å². The average molecular weight is 304 g/mol. The van der Waals surface area contributed by atoms with Gasteiger partial charge in [0.25, 0.3) is 5.91 Å². The van der Waals surface area contributed by atoms with Crippen molar-refractivity contribution in [2.45, 2.75) is 33.2 Å². The third kappa shape index (κ3) is 3.78. The van der Waals surface area contributed by atoms with Gasteiger partial charge >= 0.3 is 0 Å². The Labute approximate surface area is 131 Å². The van der Waals surface area contributed by atoms with Crippen LogP contribution < -0.4 is 10.1 Å². The first-order valence-electron chi connectivity index (χ1n) is 7.85. The molecule has 0 spiro atoms. The van der Waals surface area contributed by atoms with Gasteiger partial charge in [-0.2, -0.15) is 0 Å². The molecule has 0 unspecified atom stereocenters. The number of carbonyl (C=O) groups excluding carboxylic acids is 2. The number of carbonyl (C=O) groups is 2. The maximum absolute atomic E-state index is 12.4. The van der Waals surface area contributed by atoms with Crippen LogP contribution >= 0.6 is 0 Å². The number of nitrogens with one attached hydrogen (secondary N) is 1. The van der Waals surface area contributed by atoms with E-state index in [9.17, 15) is 9.59 Å². The van der Waals surface area contributed by atoms with E-state index < -0.39 is 6.04 Å². The lowest BCUT2D eigenvalue weighted by molar-refractivity contribution is -0.137. The van der Waals surface area contributed by atoms with E-state index in [2.05, 4.69) is 5.32 Å². The molecule has 1 aliphatic rings. The van der Waals surface area contributed by atoms with Crippen molar-refractivity contribution in [3.8, 4) is 5.75 Å². The quantitative estimate of drug-likeness (QED) is 0.875. The second-order valence-corrected chi connectivity index (χ2v) is 5.83. The predicted octanol–water partition coefficient (Wildman–Crippen LogP) is 2.07. The van der Waals surface area contributed by atoms with E-state index in [0.717, 1.165) is 25.3 Å². The largest absolute Gasteiger partial charge is 0.494 e. The molecule has 5 heteroatoms. The van der Waals surface area contributed by atoms with Crippen molar-refractivity contribution in [3.63, 3.8) is 0 Å². The Morgan fingerprint density at radius 2 is 1.86 bits per heavy atom. The molecule has 0 aliphatic carbocycles.